The second-order valence-electron chi connectivity index (χ2n) is 4.21. The van der Waals surface area contributed by atoms with E-state index in [-0.39, 0.29) is 17.3 Å². The lowest BCUT2D eigenvalue weighted by Gasteiger charge is -2.08. The molecule has 0 radical (unpaired) electrons. The Kier molecular flexibility index (Phi) is 4.33. The van der Waals surface area contributed by atoms with Crippen molar-refractivity contribution in [1.82, 2.24) is 0 Å². The van der Waals surface area contributed by atoms with Gasteiger partial charge in [0.2, 0.25) is 0 Å². The average Bonchev–Trinajstić information content (AvgIpc) is 2.38. The second-order valence-corrected chi connectivity index (χ2v) is 5.37. The molecule has 1 amide bonds. The number of nitro groups is 1. The summed E-state index contributed by atoms with van der Waals surface area (Å²) in [4.78, 5) is 22.6. The van der Waals surface area contributed by atoms with E-state index >= 15 is 0 Å². The first-order valence-electron chi connectivity index (χ1n) is 5.80. The van der Waals surface area contributed by atoms with Crippen LogP contribution in [0.1, 0.15) is 15.9 Å². The van der Waals surface area contributed by atoms with E-state index in [4.69, 9.17) is 0 Å². The summed E-state index contributed by atoms with van der Waals surface area (Å²) in [5.41, 5.74) is 1.42. The predicted octanol–water partition coefficient (Wildman–Crippen LogP) is 3.76. The largest absolute Gasteiger partial charge is 0.316 e. The molecule has 0 saturated carbocycles. The second kappa shape index (κ2) is 6.00. The van der Waals surface area contributed by atoms with E-state index in [1.165, 1.54) is 6.07 Å². The standard InChI is InChI=1S/C14H11IN2O3/c1-9-6-7-13(17(19)20)12(8-9)16-14(18)10-4-2-3-5-11(10)15/h2-8H,1H3,(H,16,18). The molecule has 0 aromatic heterocycles. The lowest BCUT2D eigenvalue weighted by Crippen LogP contribution is -2.14. The molecule has 0 aliphatic carbocycles. The van der Waals surface area contributed by atoms with Gasteiger partial charge < -0.3 is 5.32 Å². The van der Waals surface area contributed by atoms with Gasteiger partial charge in [-0.1, -0.05) is 18.2 Å². The van der Waals surface area contributed by atoms with E-state index in [0.717, 1.165) is 9.13 Å². The maximum absolute atomic E-state index is 12.2. The summed E-state index contributed by atoms with van der Waals surface area (Å²) in [6.45, 7) is 1.81. The molecular formula is C14H11IN2O3. The molecule has 0 aliphatic rings. The SMILES string of the molecule is Cc1ccc([N+](=O)[O-])c(NC(=O)c2ccccc2I)c1. The van der Waals surface area contributed by atoms with Crippen molar-refractivity contribution in [1.29, 1.82) is 0 Å². The van der Waals surface area contributed by atoms with Crippen molar-refractivity contribution in [2.24, 2.45) is 0 Å². The summed E-state index contributed by atoms with van der Waals surface area (Å²) >= 11 is 2.05. The molecule has 2 aromatic rings. The number of hydrogen-bond donors (Lipinski definition) is 1. The number of carbonyl (C=O) groups excluding carboxylic acids is 1. The zero-order valence-electron chi connectivity index (χ0n) is 10.6. The Balaban J connectivity index is 2.35. The van der Waals surface area contributed by atoms with Gasteiger partial charge in [-0.3, -0.25) is 14.9 Å². The van der Waals surface area contributed by atoms with Crippen LogP contribution in [0.25, 0.3) is 0 Å². The monoisotopic (exact) mass is 382 g/mol. The Labute approximate surface area is 129 Å². The first-order chi connectivity index (χ1) is 9.49. The van der Waals surface area contributed by atoms with Crippen molar-refractivity contribution >= 4 is 39.9 Å². The van der Waals surface area contributed by atoms with Crippen molar-refractivity contribution in [3.8, 4) is 0 Å². The highest BCUT2D eigenvalue weighted by atomic mass is 127. The maximum atomic E-state index is 12.2. The maximum Gasteiger partial charge on any atom is 0.292 e. The highest BCUT2D eigenvalue weighted by molar-refractivity contribution is 14.1. The van der Waals surface area contributed by atoms with Crippen LogP contribution in [0.15, 0.2) is 42.5 Å². The Morgan fingerprint density at radius 1 is 1.25 bits per heavy atom. The van der Waals surface area contributed by atoms with E-state index in [1.54, 1.807) is 30.3 Å². The van der Waals surface area contributed by atoms with Crippen molar-refractivity contribution in [2.45, 2.75) is 6.92 Å². The van der Waals surface area contributed by atoms with E-state index in [2.05, 4.69) is 27.9 Å². The number of halogens is 1. The van der Waals surface area contributed by atoms with E-state index in [1.807, 2.05) is 13.0 Å². The molecule has 0 spiro atoms. The molecule has 0 heterocycles. The quantitative estimate of drug-likeness (QED) is 0.499. The van der Waals surface area contributed by atoms with Crippen LogP contribution in [-0.4, -0.2) is 10.8 Å². The van der Waals surface area contributed by atoms with Gasteiger partial charge in [0.1, 0.15) is 5.69 Å². The fraction of sp³-hybridized carbons (Fsp3) is 0.0714. The third-order valence-corrected chi connectivity index (χ3v) is 3.66. The summed E-state index contributed by atoms with van der Waals surface area (Å²) in [5, 5.41) is 13.6. The molecule has 5 nitrogen and oxygen atoms in total. The van der Waals surface area contributed by atoms with Gasteiger partial charge in [0.05, 0.1) is 10.5 Å². The molecule has 0 atom stereocenters. The molecule has 6 heteroatoms. The summed E-state index contributed by atoms with van der Waals surface area (Å²) in [7, 11) is 0. The van der Waals surface area contributed by atoms with Gasteiger partial charge in [0, 0.05) is 9.64 Å². The molecule has 0 fully saturated rings. The van der Waals surface area contributed by atoms with Crippen LogP contribution < -0.4 is 5.32 Å². The van der Waals surface area contributed by atoms with Crippen LogP contribution in [0.4, 0.5) is 11.4 Å². The molecule has 0 unspecified atom stereocenters. The topological polar surface area (TPSA) is 72.2 Å². The number of hydrogen-bond acceptors (Lipinski definition) is 3. The normalized spacial score (nSPS) is 10.1. The smallest absolute Gasteiger partial charge is 0.292 e. The Bertz CT molecular complexity index is 686. The number of rotatable bonds is 3. The third-order valence-electron chi connectivity index (χ3n) is 2.72. The first kappa shape index (κ1) is 14.4. The lowest BCUT2D eigenvalue weighted by molar-refractivity contribution is -0.383. The molecule has 0 aliphatic heterocycles. The Morgan fingerprint density at radius 3 is 2.60 bits per heavy atom. The van der Waals surface area contributed by atoms with Crippen LogP contribution in [0.3, 0.4) is 0 Å². The van der Waals surface area contributed by atoms with Crippen LogP contribution >= 0.6 is 22.6 Å². The van der Waals surface area contributed by atoms with Gasteiger partial charge in [-0.05, 0) is 53.3 Å². The lowest BCUT2D eigenvalue weighted by atomic mass is 10.1. The first-order valence-corrected chi connectivity index (χ1v) is 6.88. The fourth-order valence-corrected chi connectivity index (χ4v) is 2.38. The zero-order valence-corrected chi connectivity index (χ0v) is 12.7. The minimum atomic E-state index is -0.509. The Morgan fingerprint density at radius 2 is 1.95 bits per heavy atom. The number of nitrogens with zero attached hydrogens (tertiary/aromatic N) is 1. The predicted molar refractivity (Wildman–Crippen MR) is 84.9 cm³/mol. The number of carbonyl (C=O) groups is 1. The molecule has 20 heavy (non-hydrogen) atoms. The minimum absolute atomic E-state index is 0.116. The van der Waals surface area contributed by atoms with Crippen LogP contribution in [0, 0.1) is 20.6 Å². The van der Waals surface area contributed by atoms with Gasteiger partial charge in [-0.2, -0.15) is 0 Å². The van der Waals surface area contributed by atoms with Gasteiger partial charge in [0.25, 0.3) is 11.6 Å². The summed E-state index contributed by atoms with van der Waals surface area (Å²) in [5.74, 6) is -0.358. The number of benzene rings is 2. The van der Waals surface area contributed by atoms with E-state index < -0.39 is 4.92 Å². The average molecular weight is 382 g/mol. The van der Waals surface area contributed by atoms with Gasteiger partial charge >= 0.3 is 0 Å². The fourth-order valence-electron chi connectivity index (χ4n) is 1.74. The molecule has 102 valence electrons. The molecule has 0 bridgehead atoms. The third kappa shape index (κ3) is 3.13. The van der Waals surface area contributed by atoms with Crippen LogP contribution in [-0.2, 0) is 0 Å². The van der Waals surface area contributed by atoms with Crippen LogP contribution in [0.5, 0.6) is 0 Å². The molecule has 2 rings (SSSR count). The Hall–Kier alpha value is -1.96. The van der Waals surface area contributed by atoms with Crippen molar-refractivity contribution in [2.75, 3.05) is 5.32 Å². The summed E-state index contributed by atoms with van der Waals surface area (Å²) in [6.07, 6.45) is 0. The van der Waals surface area contributed by atoms with Crippen molar-refractivity contribution in [3.05, 3.63) is 67.3 Å². The van der Waals surface area contributed by atoms with E-state index in [9.17, 15) is 14.9 Å². The molecule has 1 N–H and O–H groups in total. The molecular weight excluding hydrogens is 371 g/mol. The number of nitrogens with one attached hydrogen (secondary N) is 1. The number of nitro benzene ring substituents is 1. The highest BCUT2D eigenvalue weighted by Crippen LogP contribution is 2.26. The summed E-state index contributed by atoms with van der Waals surface area (Å²) < 4.78 is 0.790. The van der Waals surface area contributed by atoms with Gasteiger partial charge in [0.15, 0.2) is 0 Å². The van der Waals surface area contributed by atoms with Crippen molar-refractivity contribution < 1.29 is 9.72 Å². The van der Waals surface area contributed by atoms with Gasteiger partial charge in [-0.15, -0.1) is 0 Å². The van der Waals surface area contributed by atoms with Gasteiger partial charge in [-0.25, -0.2) is 0 Å². The molecule has 2 aromatic carbocycles. The highest BCUT2D eigenvalue weighted by Gasteiger charge is 2.17. The van der Waals surface area contributed by atoms with E-state index in [0.29, 0.717) is 5.56 Å². The molecule has 0 saturated heterocycles. The minimum Gasteiger partial charge on any atom is -0.316 e. The summed E-state index contributed by atoms with van der Waals surface area (Å²) in [6, 6.07) is 11.7. The number of anilines is 1. The zero-order chi connectivity index (χ0) is 14.7. The number of aryl methyl sites for hydroxylation is 1. The van der Waals surface area contributed by atoms with Crippen molar-refractivity contribution in [3.63, 3.8) is 0 Å². The number of amides is 1. The van der Waals surface area contributed by atoms with Crippen LogP contribution in [0.2, 0.25) is 0 Å².